The van der Waals surface area contributed by atoms with E-state index in [1.54, 1.807) is 6.20 Å². The van der Waals surface area contributed by atoms with E-state index in [0.717, 1.165) is 25.2 Å². The van der Waals surface area contributed by atoms with Gasteiger partial charge in [0.2, 0.25) is 6.41 Å². The average molecular weight is 235 g/mol. The predicted octanol–water partition coefficient (Wildman–Crippen LogP) is 1.22. The lowest BCUT2D eigenvalue weighted by Gasteiger charge is -2.33. The molecule has 4 heteroatoms. The zero-order valence-electron chi connectivity index (χ0n) is 10.8. The Bertz CT molecular complexity index is 319. The SMILES string of the molecule is CC1CN(C=O)CC(C)N1.Cc1ccccn1. The van der Waals surface area contributed by atoms with Gasteiger partial charge >= 0.3 is 0 Å². The van der Waals surface area contributed by atoms with Crippen LogP contribution in [0.25, 0.3) is 0 Å². The Morgan fingerprint density at radius 2 is 2.00 bits per heavy atom. The van der Waals surface area contributed by atoms with Gasteiger partial charge in [-0.15, -0.1) is 0 Å². The van der Waals surface area contributed by atoms with Crippen LogP contribution in [0.5, 0.6) is 0 Å². The molecule has 1 aliphatic rings. The first-order valence-electron chi connectivity index (χ1n) is 5.95. The van der Waals surface area contributed by atoms with Gasteiger partial charge in [0, 0.05) is 37.1 Å². The molecule has 94 valence electrons. The number of carbonyl (C=O) groups is 1. The first-order valence-corrected chi connectivity index (χ1v) is 5.95. The van der Waals surface area contributed by atoms with E-state index in [0.29, 0.717) is 12.1 Å². The third-order valence-electron chi connectivity index (χ3n) is 2.55. The molecule has 0 aliphatic carbocycles. The van der Waals surface area contributed by atoms with E-state index in [-0.39, 0.29) is 0 Å². The number of rotatable bonds is 1. The number of amides is 1. The monoisotopic (exact) mass is 235 g/mol. The maximum absolute atomic E-state index is 10.3. The highest BCUT2D eigenvalue weighted by Crippen LogP contribution is 2.00. The van der Waals surface area contributed by atoms with Crippen molar-refractivity contribution in [2.75, 3.05) is 13.1 Å². The van der Waals surface area contributed by atoms with E-state index >= 15 is 0 Å². The summed E-state index contributed by atoms with van der Waals surface area (Å²) in [5.74, 6) is 0. The van der Waals surface area contributed by atoms with E-state index in [2.05, 4.69) is 24.1 Å². The normalized spacial score (nSPS) is 23.6. The van der Waals surface area contributed by atoms with Crippen LogP contribution in [0.2, 0.25) is 0 Å². The van der Waals surface area contributed by atoms with Crippen molar-refractivity contribution in [3.8, 4) is 0 Å². The summed E-state index contributed by atoms with van der Waals surface area (Å²) in [6.45, 7) is 7.83. The number of carbonyl (C=O) groups excluding carboxylic acids is 1. The van der Waals surface area contributed by atoms with Gasteiger partial charge in [-0.2, -0.15) is 0 Å². The summed E-state index contributed by atoms with van der Waals surface area (Å²) in [6.07, 6.45) is 2.71. The summed E-state index contributed by atoms with van der Waals surface area (Å²) in [7, 11) is 0. The van der Waals surface area contributed by atoms with E-state index in [9.17, 15) is 4.79 Å². The van der Waals surface area contributed by atoms with Gasteiger partial charge in [-0.1, -0.05) is 6.07 Å². The number of nitrogens with zero attached hydrogens (tertiary/aromatic N) is 2. The van der Waals surface area contributed by atoms with Gasteiger partial charge in [0.05, 0.1) is 0 Å². The van der Waals surface area contributed by atoms with Gasteiger partial charge in [-0.05, 0) is 32.9 Å². The van der Waals surface area contributed by atoms with E-state index in [1.165, 1.54) is 0 Å². The number of hydrogen-bond donors (Lipinski definition) is 1. The molecule has 0 aromatic carbocycles. The molecule has 4 nitrogen and oxygen atoms in total. The minimum atomic E-state index is 0.439. The van der Waals surface area contributed by atoms with E-state index in [4.69, 9.17) is 0 Å². The molecule has 1 aliphatic heterocycles. The minimum absolute atomic E-state index is 0.439. The van der Waals surface area contributed by atoms with Gasteiger partial charge in [-0.25, -0.2) is 0 Å². The van der Waals surface area contributed by atoms with Crippen molar-refractivity contribution in [2.24, 2.45) is 0 Å². The molecule has 2 heterocycles. The van der Waals surface area contributed by atoms with Gasteiger partial charge in [0.25, 0.3) is 0 Å². The lowest BCUT2D eigenvalue weighted by Crippen LogP contribution is -2.53. The van der Waals surface area contributed by atoms with Gasteiger partial charge in [-0.3, -0.25) is 9.78 Å². The Labute approximate surface area is 103 Å². The molecule has 0 bridgehead atoms. The molecule has 0 saturated carbocycles. The molecule has 2 atom stereocenters. The lowest BCUT2D eigenvalue weighted by molar-refractivity contribution is -0.119. The molecule has 1 saturated heterocycles. The van der Waals surface area contributed by atoms with Gasteiger partial charge in [0.15, 0.2) is 0 Å². The molecule has 2 unspecified atom stereocenters. The molecular formula is C13H21N3O. The third kappa shape index (κ3) is 5.45. The van der Waals surface area contributed by atoms with Crippen molar-refractivity contribution in [1.29, 1.82) is 0 Å². The first-order chi connectivity index (χ1) is 8.11. The van der Waals surface area contributed by atoms with Crippen LogP contribution in [0.3, 0.4) is 0 Å². The molecule has 1 aromatic heterocycles. The summed E-state index contributed by atoms with van der Waals surface area (Å²) in [5, 5.41) is 3.34. The van der Waals surface area contributed by atoms with Crippen LogP contribution in [0.1, 0.15) is 19.5 Å². The molecule has 0 spiro atoms. The highest BCUT2D eigenvalue weighted by Gasteiger charge is 2.18. The molecule has 1 fully saturated rings. The van der Waals surface area contributed by atoms with Crippen LogP contribution >= 0.6 is 0 Å². The molecule has 1 amide bonds. The maximum Gasteiger partial charge on any atom is 0.209 e. The van der Waals surface area contributed by atoms with Gasteiger partial charge in [0.1, 0.15) is 0 Å². The Morgan fingerprint density at radius 1 is 1.35 bits per heavy atom. The predicted molar refractivity (Wildman–Crippen MR) is 68.7 cm³/mol. The lowest BCUT2D eigenvalue weighted by atomic mass is 10.2. The highest BCUT2D eigenvalue weighted by atomic mass is 16.1. The van der Waals surface area contributed by atoms with Crippen molar-refractivity contribution in [3.05, 3.63) is 30.1 Å². The van der Waals surface area contributed by atoms with Crippen molar-refractivity contribution < 1.29 is 4.79 Å². The van der Waals surface area contributed by atoms with Crippen molar-refractivity contribution in [1.82, 2.24) is 15.2 Å². The number of pyridine rings is 1. The fourth-order valence-corrected chi connectivity index (χ4v) is 1.90. The molecule has 17 heavy (non-hydrogen) atoms. The quantitative estimate of drug-likeness (QED) is 0.744. The van der Waals surface area contributed by atoms with Crippen LogP contribution in [0.15, 0.2) is 24.4 Å². The number of aryl methyl sites for hydroxylation is 1. The molecule has 1 N–H and O–H groups in total. The number of hydrogen-bond acceptors (Lipinski definition) is 3. The average Bonchev–Trinajstić information content (AvgIpc) is 2.29. The number of aromatic nitrogens is 1. The fourth-order valence-electron chi connectivity index (χ4n) is 1.90. The third-order valence-corrected chi connectivity index (χ3v) is 2.55. The van der Waals surface area contributed by atoms with E-state index < -0.39 is 0 Å². The standard InChI is InChI=1S/C7H14N2O.C6H7N/c1-6-3-9(5-10)4-7(2)8-6;1-6-4-2-3-5-7-6/h5-8H,3-4H2,1-2H3;2-5H,1H3. The van der Waals surface area contributed by atoms with Crippen LogP contribution in [-0.2, 0) is 4.79 Å². The maximum atomic E-state index is 10.3. The second-order valence-electron chi connectivity index (χ2n) is 4.50. The zero-order valence-corrected chi connectivity index (χ0v) is 10.8. The Hall–Kier alpha value is -1.42. The van der Waals surface area contributed by atoms with Crippen LogP contribution < -0.4 is 5.32 Å². The zero-order chi connectivity index (χ0) is 12.7. The number of piperazine rings is 1. The van der Waals surface area contributed by atoms with Crippen molar-refractivity contribution in [2.45, 2.75) is 32.9 Å². The Kier molecular flexibility index (Phi) is 5.63. The van der Waals surface area contributed by atoms with Crippen LogP contribution in [0, 0.1) is 6.92 Å². The van der Waals surface area contributed by atoms with E-state index in [1.807, 2.05) is 30.0 Å². The summed E-state index contributed by atoms with van der Waals surface area (Å²) >= 11 is 0. The molecule has 0 radical (unpaired) electrons. The first kappa shape index (κ1) is 13.6. The summed E-state index contributed by atoms with van der Waals surface area (Å²) in [5.41, 5.74) is 1.07. The summed E-state index contributed by atoms with van der Waals surface area (Å²) < 4.78 is 0. The smallest absolute Gasteiger partial charge is 0.209 e. The molecule has 2 rings (SSSR count). The summed E-state index contributed by atoms with van der Waals surface area (Å²) in [4.78, 5) is 16.1. The molecular weight excluding hydrogens is 214 g/mol. The van der Waals surface area contributed by atoms with Crippen molar-refractivity contribution >= 4 is 6.41 Å². The highest BCUT2D eigenvalue weighted by molar-refractivity contribution is 5.47. The van der Waals surface area contributed by atoms with Gasteiger partial charge < -0.3 is 10.2 Å². The summed E-state index contributed by atoms with van der Waals surface area (Å²) in [6, 6.07) is 6.73. The van der Waals surface area contributed by atoms with Crippen molar-refractivity contribution in [3.63, 3.8) is 0 Å². The van der Waals surface area contributed by atoms with Crippen LogP contribution in [-0.4, -0.2) is 41.5 Å². The van der Waals surface area contributed by atoms with Crippen LogP contribution in [0.4, 0.5) is 0 Å². The topological polar surface area (TPSA) is 45.2 Å². The Balaban J connectivity index is 0.000000181. The fraction of sp³-hybridized carbons (Fsp3) is 0.538. The second-order valence-corrected chi connectivity index (χ2v) is 4.50. The number of nitrogens with one attached hydrogen (secondary N) is 1. The molecule has 1 aromatic rings. The minimum Gasteiger partial charge on any atom is -0.342 e. The second kappa shape index (κ2) is 7.01. The largest absolute Gasteiger partial charge is 0.342 e. The Morgan fingerprint density at radius 3 is 2.35 bits per heavy atom.